The van der Waals surface area contributed by atoms with Crippen LogP contribution in [0.2, 0.25) is 15.1 Å². The first-order valence-corrected chi connectivity index (χ1v) is 6.64. The molecule has 0 bridgehead atoms. The largest absolute Gasteiger partial charge is 0.494 e. The van der Waals surface area contributed by atoms with Crippen molar-refractivity contribution in [1.29, 1.82) is 0 Å². The highest BCUT2D eigenvalue weighted by Gasteiger charge is 2.36. The van der Waals surface area contributed by atoms with E-state index in [0.717, 1.165) is 7.11 Å². The first-order chi connectivity index (χ1) is 9.74. The fraction of sp³-hybridized carbons (Fsp3) is 0.154. The second-order valence-electron chi connectivity index (χ2n) is 3.99. The zero-order valence-corrected chi connectivity index (χ0v) is 12.7. The van der Waals surface area contributed by atoms with Gasteiger partial charge in [0.1, 0.15) is 5.75 Å². The van der Waals surface area contributed by atoms with Crippen LogP contribution < -0.4 is 4.74 Å². The number of benzene rings is 1. The lowest BCUT2D eigenvalue weighted by molar-refractivity contribution is -0.142. The van der Waals surface area contributed by atoms with Gasteiger partial charge in [-0.2, -0.15) is 13.2 Å². The SMILES string of the molecule is COc1ccc(-c2cc(Cl)c(Cl)cc2Cl)nc1C(F)(F)F. The maximum absolute atomic E-state index is 13.0. The van der Waals surface area contributed by atoms with Gasteiger partial charge in [0.2, 0.25) is 0 Å². The number of rotatable bonds is 2. The molecule has 0 aliphatic carbocycles. The van der Waals surface area contributed by atoms with Crippen molar-refractivity contribution in [2.24, 2.45) is 0 Å². The van der Waals surface area contributed by atoms with Crippen LogP contribution in [0.5, 0.6) is 5.75 Å². The first-order valence-electron chi connectivity index (χ1n) is 5.51. The van der Waals surface area contributed by atoms with Crippen LogP contribution in [0.25, 0.3) is 11.3 Å². The number of hydrogen-bond donors (Lipinski definition) is 0. The van der Waals surface area contributed by atoms with Crippen LogP contribution in [-0.4, -0.2) is 12.1 Å². The van der Waals surface area contributed by atoms with Crippen molar-refractivity contribution in [2.75, 3.05) is 7.11 Å². The molecule has 0 amide bonds. The van der Waals surface area contributed by atoms with Crippen LogP contribution in [0.15, 0.2) is 24.3 Å². The maximum Gasteiger partial charge on any atom is 0.437 e. The third-order valence-corrected chi connectivity index (χ3v) is 3.67. The molecule has 1 aromatic carbocycles. The van der Waals surface area contributed by atoms with Gasteiger partial charge in [0.25, 0.3) is 0 Å². The predicted molar refractivity (Wildman–Crippen MR) is 76.3 cm³/mol. The minimum absolute atomic E-state index is 0.0201. The van der Waals surface area contributed by atoms with Gasteiger partial charge in [-0.3, -0.25) is 0 Å². The Hall–Kier alpha value is -1.17. The summed E-state index contributed by atoms with van der Waals surface area (Å²) in [6.07, 6.45) is -4.65. The van der Waals surface area contributed by atoms with E-state index in [1.54, 1.807) is 0 Å². The average molecular weight is 357 g/mol. The quantitative estimate of drug-likeness (QED) is 0.640. The highest BCUT2D eigenvalue weighted by Crippen LogP contribution is 2.39. The Morgan fingerprint density at radius 2 is 1.62 bits per heavy atom. The molecule has 0 atom stereocenters. The van der Waals surface area contributed by atoms with E-state index in [1.165, 1.54) is 24.3 Å². The summed E-state index contributed by atoms with van der Waals surface area (Å²) in [4.78, 5) is 3.58. The predicted octanol–water partition coefficient (Wildman–Crippen LogP) is 5.74. The van der Waals surface area contributed by atoms with Gasteiger partial charge in [0, 0.05) is 5.56 Å². The third kappa shape index (κ3) is 3.36. The molecule has 0 radical (unpaired) electrons. The van der Waals surface area contributed by atoms with Crippen LogP contribution in [0.4, 0.5) is 13.2 Å². The van der Waals surface area contributed by atoms with Crippen LogP contribution in [0.1, 0.15) is 5.69 Å². The third-order valence-electron chi connectivity index (χ3n) is 2.63. The molecule has 2 aromatic rings. The highest BCUT2D eigenvalue weighted by molar-refractivity contribution is 6.44. The zero-order valence-electron chi connectivity index (χ0n) is 10.4. The molecule has 0 spiro atoms. The van der Waals surface area contributed by atoms with Gasteiger partial charge >= 0.3 is 6.18 Å². The molecule has 0 aliphatic heterocycles. The van der Waals surface area contributed by atoms with Gasteiger partial charge in [-0.1, -0.05) is 34.8 Å². The molecule has 112 valence electrons. The monoisotopic (exact) mass is 355 g/mol. The smallest absolute Gasteiger partial charge is 0.437 e. The molecule has 1 heterocycles. The van der Waals surface area contributed by atoms with Gasteiger partial charge in [0.05, 0.1) is 27.9 Å². The zero-order chi connectivity index (χ0) is 15.8. The van der Waals surface area contributed by atoms with E-state index in [2.05, 4.69) is 9.72 Å². The van der Waals surface area contributed by atoms with Crippen molar-refractivity contribution in [2.45, 2.75) is 6.18 Å². The molecular weight excluding hydrogens is 350 g/mol. The second kappa shape index (κ2) is 5.91. The van der Waals surface area contributed by atoms with Gasteiger partial charge in [-0.05, 0) is 24.3 Å². The molecule has 0 unspecified atom stereocenters. The topological polar surface area (TPSA) is 22.1 Å². The van der Waals surface area contributed by atoms with Gasteiger partial charge in [-0.15, -0.1) is 0 Å². The lowest BCUT2D eigenvalue weighted by Gasteiger charge is -2.13. The molecule has 1 aromatic heterocycles. The summed E-state index contributed by atoms with van der Waals surface area (Å²) in [6, 6.07) is 5.24. The maximum atomic E-state index is 13.0. The highest BCUT2D eigenvalue weighted by atomic mass is 35.5. The van der Waals surface area contributed by atoms with Crippen molar-refractivity contribution in [3.05, 3.63) is 45.0 Å². The summed E-state index contributed by atoms with van der Waals surface area (Å²) in [6.45, 7) is 0. The summed E-state index contributed by atoms with van der Waals surface area (Å²) >= 11 is 17.6. The molecule has 2 nitrogen and oxygen atoms in total. The standard InChI is InChI=1S/C13H7Cl3F3NO/c1-21-11-3-2-10(20-12(11)13(17,18)19)6-4-8(15)9(16)5-7(6)14/h2-5H,1H3. The fourth-order valence-corrected chi connectivity index (χ4v) is 2.33. The number of nitrogens with zero attached hydrogens (tertiary/aromatic N) is 1. The van der Waals surface area contributed by atoms with Crippen LogP contribution in [0.3, 0.4) is 0 Å². The average Bonchev–Trinajstić information content (AvgIpc) is 2.41. The Morgan fingerprint density at radius 1 is 1.00 bits per heavy atom. The minimum Gasteiger partial charge on any atom is -0.494 e. The molecular formula is C13H7Cl3F3NO. The Labute approximate surface area is 133 Å². The molecule has 8 heteroatoms. The van der Waals surface area contributed by atoms with Crippen molar-refractivity contribution >= 4 is 34.8 Å². The molecule has 0 aliphatic rings. The lowest BCUT2D eigenvalue weighted by atomic mass is 10.1. The number of pyridine rings is 1. The summed E-state index contributed by atoms with van der Waals surface area (Å²) in [7, 11) is 1.14. The van der Waals surface area contributed by atoms with E-state index in [0.29, 0.717) is 0 Å². The number of aromatic nitrogens is 1. The van der Waals surface area contributed by atoms with E-state index < -0.39 is 11.9 Å². The molecule has 0 saturated carbocycles. The number of hydrogen-bond acceptors (Lipinski definition) is 2. The lowest BCUT2D eigenvalue weighted by Crippen LogP contribution is -2.10. The van der Waals surface area contributed by atoms with Gasteiger partial charge in [0.15, 0.2) is 5.69 Å². The van der Waals surface area contributed by atoms with Crippen LogP contribution in [0, 0.1) is 0 Å². The number of ether oxygens (including phenoxy) is 1. The van der Waals surface area contributed by atoms with Gasteiger partial charge in [-0.25, -0.2) is 4.98 Å². The van der Waals surface area contributed by atoms with Crippen molar-refractivity contribution in [3.8, 4) is 17.0 Å². The number of alkyl halides is 3. The fourth-order valence-electron chi connectivity index (χ4n) is 1.68. The summed E-state index contributed by atoms with van der Waals surface area (Å²) < 4.78 is 43.5. The van der Waals surface area contributed by atoms with Gasteiger partial charge < -0.3 is 4.74 Å². The van der Waals surface area contributed by atoms with Crippen LogP contribution in [-0.2, 0) is 6.18 Å². The van der Waals surface area contributed by atoms with Crippen LogP contribution >= 0.6 is 34.8 Å². The summed E-state index contributed by atoms with van der Waals surface area (Å²) in [5, 5.41) is 0.521. The number of methoxy groups -OCH3 is 1. The molecule has 21 heavy (non-hydrogen) atoms. The Bertz CT molecular complexity index is 689. The van der Waals surface area contributed by atoms with Crippen molar-refractivity contribution in [3.63, 3.8) is 0 Å². The summed E-state index contributed by atoms with van der Waals surface area (Å²) in [5.41, 5.74) is -0.865. The van der Waals surface area contributed by atoms with Crippen molar-refractivity contribution in [1.82, 2.24) is 4.98 Å². The molecule has 0 saturated heterocycles. The normalized spacial score (nSPS) is 11.6. The van der Waals surface area contributed by atoms with E-state index in [1.807, 2.05) is 0 Å². The van der Waals surface area contributed by atoms with E-state index in [9.17, 15) is 13.2 Å². The van der Waals surface area contributed by atoms with E-state index >= 15 is 0 Å². The minimum atomic E-state index is -4.65. The van der Waals surface area contributed by atoms with Crippen molar-refractivity contribution < 1.29 is 17.9 Å². The first kappa shape index (κ1) is 16.2. The molecule has 0 N–H and O–H groups in total. The van der Waals surface area contributed by atoms with E-state index in [4.69, 9.17) is 34.8 Å². The molecule has 2 rings (SSSR count). The second-order valence-corrected chi connectivity index (χ2v) is 5.21. The Kier molecular flexibility index (Phi) is 4.56. The number of halogens is 6. The van der Waals surface area contributed by atoms with E-state index in [-0.39, 0.29) is 32.1 Å². The Morgan fingerprint density at radius 3 is 2.19 bits per heavy atom. The Balaban J connectivity index is 2.63. The summed E-state index contributed by atoms with van der Waals surface area (Å²) in [5.74, 6) is -0.373. The molecule has 0 fully saturated rings.